The van der Waals surface area contributed by atoms with Crippen LogP contribution in [-0.2, 0) is 0 Å². The van der Waals surface area contributed by atoms with Gasteiger partial charge in [-0.3, -0.25) is 0 Å². The summed E-state index contributed by atoms with van der Waals surface area (Å²) in [4.78, 5) is 0. The zero-order valence-corrected chi connectivity index (χ0v) is 12.3. The molecule has 2 aromatic carbocycles. The van der Waals surface area contributed by atoms with E-state index in [0.717, 1.165) is 5.56 Å². The Morgan fingerprint density at radius 1 is 1.05 bits per heavy atom. The maximum Gasteiger partial charge on any atom is 0.146 e. The quantitative estimate of drug-likeness (QED) is 0.850. The van der Waals surface area contributed by atoms with Gasteiger partial charge in [0.1, 0.15) is 11.5 Å². The Hall–Kier alpha value is -1.22. The van der Waals surface area contributed by atoms with E-state index in [0.29, 0.717) is 21.5 Å². The highest BCUT2D eigenvalue weighted by Gasteiger charge is 2.09. The van der Waals surface area contributed by atoms with Crippen molar-refractivity contribution in [1.82, 2.24) is 5.32 Å². The van der Waals surface area contributed by atoms with Crippen LogP contribution in [0.1, 0.15) is 18.5 Å². The van der Waals surface area contributed by atoms with E-state index in [1.54, 1.807) is 12.1 Å². The third-order valence-electron chi connectivity index (χ3n) is 2.94. The molecule has 0 saturated heterocycles. The molecule has 0 radical (unpaired) electrons. The Morgan fingerprint density at radius 3 is 2.42 bits per heavy atom. The van der Waals surface area contributed by atoms with E-state index in [1.165, 1.54) is 0 Å². The molecule has 0 fully saturated rings. The Morgan fingerprint density at radius 2 is 1.79 bits per heavy atom. The van der Waals surface area contributed by atoms with Crippen molar-refractivity contribution in [2.75, 3.05) is 7.05 Å². The summed E-state index contributed by atoms with van der Waals surface area (Å²) < 4.78 is 5.72. The van der Waals surface area contributed by atoms with Gasteiger partial charge in [0.15, 0.2) is 0 Å². The minimum atomic E-state index is 0.196. The van der Waals surface area contributed by atoms with Gasteiger partial charge in [0.25, 0.3) is 0 Å². The molecule has 0 heterocycles. The van der Waals surface area contributed by atoms with Crippen LogP contribution in [0.3, 0.4) is 0 Å². The summed E-state index contributed by atoms with van der Waals surface area (Å²) in [6.45, 7) is 2.05. The molecule has 0 aliphatic carbocycles. The Kier molecular flexibility index (Phi) is 4.70. The Balaban J connectivity index is 2.24. The minimum Gasteiger partial charge on any atom is -0.456 e. The fourth-order valence-corrected chi connectivity index (χ4v) is 2.24. The number of ether oxygens (including phenoxy) is 1. The van der Waals surface area contributed by atoms with Crippen LogP contribution >= 0.6 is 23.2 Å². The van der Waals surface area contributed by atoms with Crippen molar-refractivity contribution >= 4 is 23.2 Å². The molecule has 0 amide bonds. The monoisotopic (exact) mass is 295 g/mol. The summed E-state index contributed by atoms with van der Waals surface area (Å²) >= 11 is 12.3. The molecule has 2 rings (SSSR count). The van der Waals surface area contributed by atoms with E-state index in [-0.39, 0.29) is 6.04 Å². The van der Waals surface area contributed by atoms with Crippen molar-refractivity contribution in [1.29, 1.82) is 0 Å². The maximum absolute atomic E-state index is 6.26. The minimum absolute atomic E-state index is 0.196. The second-order valence-electron chi connectivity index (χ2n) is 4.23. The van der Waals surface area contributed by atoms with Crippen LogP contribution in [0.25, 0.3) is 0 Å². The molecule has 1 atom stereocenters. The molecule has 100 valence electrons. The van der Waals surface area contributed by atoms with E-state index in [1.807, 2.05) is 37.4 Å². The molecule has 2 aromatic rings. The first-order valence-electron chi connectivity index (χ1n) is 6.01. The first-order chi connectivity index (χ1) is 9.11. The van der Waals surface area contributed by atoms with Crippen molar-refractivity contribution in [2.24, 2.45) is 0 Å². The summed E-state index contributed by atoms with van der Waals surface area (Å²) in [5.41, 5.74) is 1.04. The standard InChI is InChI=1S/C15H15Cl2NO/c1-10(18-2)12-8-7-11(9-14(12)17)19-15-6-4-3-5-13(15)16/h3-10,18H,1-2H3. The van der Waals surface area contributed by atoms with Crippen LogP contribution in [0.2, 0.25) is 10.0 Å². The Bertz CT molecular complexity index is 572. The molecule has 4 heteroatoms. The first-order valence-corrected chi connectivity index (χ1v) is 6.76. The Labute approximate surface area is 123 Å². The fourth-order valence-electron chi connectivity index (χ4n) is 1.73. The third-order valence-corrected chi connectivity index (χ3v) is 3.58. The van der Waals surface area contributed by atoms with E-state index in [4.69, 9.17) is 27.9 Å². The molecular formula is C15H15Cl2NO. The first kappa shape index (κ1) is 14.2. The molecule has 1 N–H and O–H groups in total. The van der Waals surface area contributed by atoms with Gasteiger partial charge >= 0.3 is 0 Å². The van der Waals surface area contributed by atoms with Gasteiger partial charge in [-0.25, -0.2) is 0 Å². The predicted molar refractivity (Wildman–Crippen MR) is 80.5 cm³/mol. The molecule has 0 aliphatic heterocycles. The number of hydrogen-bond acceptors (Lipinski definition) is 2. The predicted octanol–water partition coefficient (Wildman–Crippen LogP) is 5.07. The molecule has 0 saturated carbocycles. The summed E-state index contributed by atoms with van der Waals surface area (Å²) in [6.07, 6.45) is 0. The summed E-state index contributed by atoms with van der Waals surface area (Å²) in [7, 11) is 1.90. The van der Waals surface area contributed by atoms with E-state index >= 15 is 0 Å². The summed E-state index contributed by atoms with van der Waals surface area (Å²) in [5, 5.41) is 4.40. The highest BCUT2D eigenvalue weighted by Crippen LogP contribution is 2.32. The normalized spacial score (nSPS) is 12.2. The zero-order chi connectivity index (χ0) is 13.8. The lowest BCUT2D eigenvalue weighted by molar-refractivity contribution is 0.482. The van der Waals surface area contributed by atoms with Gasteiger partial charge in [-0.1, -0.05) is 41.4 Å². The molecule has 0 aromatic heterocycles. The van der Waals surface area contributed by atoms with Crippen LogP contribution in [-0.4, -0.2) is 7.05 Å². The van der Waals surface area contributed by atoms with Crippen molar-refractivity contribution in [3.63, 3.8) is 0 Å². The maximum atomic E-state index is 6.26. The zero-order valence-electron chi connectivity index (χ0n) is 10.8. The van der Waals surface area contributed by atoms with Crippen LogP contribution in [0.15, 0.2) is 42.5 Å². The van der Waals surface area contributed by atoms with Gasteiger partial charge in [-0.2, -0.15) is 0 Å². The number of nitrogens with one attached hydrogen (secondary N) is 1. The van der Waals surface area contributed by atoms with Gasteiger partial charge in [0, 0.05) is 11.1 Å². The lowest BCUT2D eigenvalue weighted by Gasteiger charge is -2.14. The molecule has 2 nitrogen and oxygen atoms in total. The number of para-hydroxylation sites is 1. The van der Waals surface area contributed by atoms with E-state index < -0.39 is 0 Å². The van der Waals surface area contributed by atoms with Gasteiger partial charge in [-0.15, -0.1) is 0 Å². The number of benzene rings is 2. The average Bonchev–Trinajstić information content (AvgIpc) is 2.41. The summed E-state index contributed by atoms with van der Waals surface area (Å²) in [5.74, 6) is 1.29. The van der Waals surface area contributed by atoms with Crippen LogP contribution in [0.5, 0.6) is 11.5 Å². The second-order valence-corrected chi connectivity index (χ2v) is 5.04. The topological polar surface area (TPSA) is 21.3 Å². The lowest BCUT2D eigenvalue weighted by atomic mass is 10.1. The van der Waals surface area contributed by atoms with E-state index in [9.17, 15) is 0 Å². The molecule has 1 unspecified atom stereocenters. The second kappa shape index (κ2) is 6.29. The molecule has 0 aliphatic rings. The van der Waals surface area contributed by atoms with Gasteiger partial charge in [0.05, 0.1) is 5.02 Å². The smallest absolute Gasteiger partial charge is 0.146 e. The van der Waals surface area contributed by atoms with Crippen molar-refractivity contribution in [2.45, 2.75) is 13.0 Å². The largest absolute Gasteiger partial charge is 0.456 e. The highest BCUT2D eigenvalue weighted by atomic mass is 35.5. The lowest BCUT2D eigenvalue weighted by Crippen LogP contribution is -2.12. The van der Waals surface area contributed by atoms with Gasteiger partial charge < -0.3 is 10.1 Å². The number of rotatable bonds is 4. The van der Waals surface area contributed by atoms with Crippen LogP contribution < -0.4 is 10.1 Å². The van der Waals surface area contributed by atoms with Gasteiger partial charge in [-0.05, 0) is 43.8 Å². The number of halogens is 2. The molecule has 19 heavy (non-hydrogen) atoms. The fraction of sp³-hybridized carbons (Fsp3) is 0.200. The highest BCUT2D eigenvalue weighted by molar-refractivity contribution is 6.32. The van der Waals surface area contributed by atoms with E-state index in [2.05, 4.69) is 12.2 Å². The SMILES string of the molecule is CNC(C)c1ccc(Oc2ccccc2Cl)cc1Cl. The molecule has 0 bridgehead atoms. The van der Waals surface area contributed by atoms with Gasteiger partial charge in [0.2, 0.25) is 0 Å². The number of hydrogen-bond donors (Lipinski definition) is 1. The van der Waals surface area contributed by atoms with Crippen molar-refractivity contribution in [3.05, 3.63) is 58.1 Å². The summed E-state index contributed by atoms with van der Waals surface area (Å²) in [6, 6.07) is 13.2. The molecular weight excluding hydrogens is 281 g/mol. The van der Waals surface area contributed by atoms with Crippen LogP contribution in [0.4, 0.5) is 0 Å². The molecule has 0 spiro atoms. The average molecular weight is 296 g/mol. The van der Waals surface area contributed by atoms with Crippen molar-refractivity contribution < 1.29 is 4.74 Å². The van der Waals surface area contributed by atoms with Crippen LogP contribution in [0, 0.1) is 0 Å². The third kappa shape index (κ3) is 3.41. The van der Waals surface area contributed by atoms with Crippen molar-refractivity contribution in [3.8, 4) is 11.5 Å².